The number of hydrogen-bond acceptors (Lipinski definition) is 6. The van der Waals surface area contributed by atoms with Crippen LogP contribution in [-0.2, 0) is 65.6 Å². The second-order valence-corrected chi connectivity index (χ2v) is 23.3. The molecule has 4 aliphatic rings. The van der Waals surface area contributed by atoms with Crippen molar-refractivity contribution in [1.82, 2.24) is 9.13 Å². The molecule has 13 heteroatoms. The molecule has 12 nitrogen and oxygen atoms in total. The van der Waals surface area contributed by atoms with E-state index in [1.165, 1.54) is 0 Å². The van der Waals surface area contributed by atoms with Crippen LogP contribution in [0.15, 0.2) is 259 Å². The van der Waals surface area contributed by atoms with Crippen LogP contribution in [0.25, 0.3) is 16.7 Å². The number of allylic oxidation sites excluding steroid dienone is 3. The van der Waals surface area contributed by atoms with Gasteiger partial charge >= 0.3 is 0 Å². The van der Waals surface area contributed by atoms with E-state index >= 15 is 0 Å². The fourth-order valence-electron chi connectivity index (χ4n) is 13.0. The third-order valence-corrected chi connectivity index (χ3v) is 17.6. The monoisotopic (exact) mass is 1250 g/mol. The molecule has 90 heavy (non-hydrogen) atoms. The van der Waals surface area contributed by atoms with Gasteiger partial charge in [0.05, 0.1) is 62.9 Å². The average Bonchev–Trinajstić information content (AvgIpc) is 1.65. The number of ketones is 4. The summed E-state index contributed by atoms with van der Waals surface area (Å²) in [5, 5.41) is 1.91. The quantitative estimate of drug-likeness (QED) is 0.0708. The number of aliphatic imine (C=N–C) groups is 2. The van der Waals surface area contributed by atoms with Crippen LogP contribution >= 0.6 is 0 Å². The predicted molar refractivity (Wildman–Crippen MR) is 342 cm³/mol. The largest absolute Gasteiger partial charge is 0.325 e. The van der Waals surface area contributed by atoms with E-state index in [2.05, 4.69) is 174 Å². The third kappa shape index (κ3) is 11.4. The predicted octanol–water partition coefficient (Wildman–Crippen LogP) is 9.65. The molecule has 6 aromatic heterocycles. The van der Waals surface area contributed by atoms with Crippen molar-refractivity contribution in [3.8, 4) is 0 Å². The van der Waals surface area contributed by atoms with Gasteiger partial charge in [-0.25, -0.2) is 4.99 Å². The molecule has 10 heterocycles. The second kappa shape index (κ2) is 25.0. The molecule has 0 N–H and O–H groups in total. The molecule has 0 saturated carbocycles. The topological polar surface area (TPSA) is 118 Å². The van der Waals surface area contributed by atoms with Crippen LogP contribution in [0.3, 0.4) is 0 Å². The Labute approximate surface area is 547 Å². The standard InChI is InChI=1S/C77H64N8O4.Y/c1-50(86)58-25-17-54(18-26-58)45-80-41-9-5-13-66(80)74-62-33-34-63(78-62)75(67-14-6-10-42-81(67)46-55-19-27-59(28-20-55)51(2)87)72-39-40-73-77(69-16-8-12-44-83(69)48-57-23-31-61(32-24-57)53(4)89)65-36-35-64(79-65)76(71-38-37-70(74)84(71)49-85(72)73)68-15-7-11-43-82(68)47-56-21-29-60(30-22-56)52(3)88;/h5-44,62,74H,45-49H2,1-4H3;/q+4;. The van der Waals surface area contributed by atoms with Gasteiger partial charge in [-0.1, -0.05) is 109 Å². The summed E-state index contributed by atoms with van der Waals surface area (Å²) in [5.41, 5.74) is 18.1. The van der Waals surface area contributed by atoms with Gasteiger partial charge in [0.2, 0.25) is 17.1 Å². The number of rotatable bonds is 16. The van der Waals surface area contributed by atoms with E-state index in [-0.39, 0.29) is 67.8 Å². The number of benzene rings is 4. The molecular formula is C77H64N8O4Y+4. The molecule has 0 saturated heterocycles. The normalized spacial score (nSPS) is 17.3. The molecule has 1 radical (unpaired) electrons. The summed E-state index contributed by atoms with van der Waals surface area (Å²) in [7, 11) is 0. The Hall–Kier alpha value is -9.88. The second-order valence-electron chi connectivity index (χ2n) is 23.3. The molecule has 6 bridgehead atoms. The van der Waals surface area contributed by atoms with Gasteiger partial charge in [0.15, 0.2) is 79.8 Å². The zero-order valence-electron chi connectivity index (χ0n) is 50.6. The van der Waals surface area contributed by atoms with Crippen molar-refractivity contribution in [2.75, 3.05) is 0 Å². The molecule has 2 unspecified atom stereocenters. The van der Waals surface area contributed by atoms with Crippen LogP contribution < -0.4 is 29.0 Å². The zero-order chi connectivity index (χ0) is 60.9. The van der Waals surface area contributed by atoms with E-state index in [0.29, 0.717) is 55.1 Å². The van der Waals surface area contributed by atoms with Crippen molar-refractivity contribution >= 4 is 51.3 Å². The summed E-state index contributed by atoms with van der Waals surface area (Å²) in [4.78, 5) is 61.7. The molecule has 0 fully saturated rings. The molecule has 14 rings (SSSR count). The van der Waals surface area contributed by atoms with Crippen molar-refractivity contribution in [3.05, 3.63) is 338 Å². The van der Waals surface area contributed by atoms with Gasteiger partial charge in [0, 0.05) is 131 Å². The maximum atomic E-state index is 12.5. The minimum absolute atomic E-state index is 0. The van der Waals surface area contributed by atoms with Gasteiger partial charge in [-0.05, 0) is 88.4 Å². The van der Waals surface area contributed by atoms with Crippen molar-refractivity contribution < 1.29 is 70.2 Å². The molecule has 10 aromatic rings. The number of hydrogen-bond donors (Lipinski definition) is 0. The first kappa shape index (κ1) is 59.1. The average molecular weight is 1250 g/mol. The van der Waals surface area contributed by atoms with Crippen LogP contribution in [0.5, 0.6) is 0 Å². The molecule has 4 aliphatic heterocycles. The van der Waals surface area contributed by atoms with Crippen molar-refractivity contribution in [3.63, 3.8) is 0 Å². The molecule has 4 aromatic carbocycles. The fourth-order valence-corrected chi connectivity index (χ4v) is 13.0. The summed E-state index contributed by atoms with van der Waals surface area (Å²) in [5.74, 6) is -0.241. The van der Waals surface area contributed by atoms with E-state index in [4.69, 9.17) is 9.98 Å². The first-order valence-corrected chi connectivity index (χ1v) is 30.2. The number of pyridine rings is 4. The number of carbonyl (C=O) groups excluding carboxylic acids is 4. The van der Waals surface area contributed by atoms with Crippen LogP contribution in [-0.4, -0.2) is 49.7 Å². The Bertz CT molecular complexity index is 4870. The summed E-state index contributed by atoms with van der Waals surface area (Å²) in [6.07, 6.45) is 17.3. The smallest absolute Gasteiger partial charge is 0.217 e. The van der Waals surface area contributed by atoms with Gasteiger partial charge in [0.1, 0.15) is 5.92 Å². The Morgan fingerprint density at radius 1 is 0.422 bits per heavy atom. The Balaban J connectivity index is 0.00000743. The van der Waals surface area contributed by atoms with Gasteiger partial charge in [0.25, 0.3) is 0 Å². The van der Waals surface area contributed by atoms with Crippen molar-refractivity contribution in [2.24, 2.45) is 9.98 Å². The van der Waals surface area contributed by atoms with Crippen LogP contribution in [0.2, 0.25) is 0 Å². The Morgan fingerprint density at radius 2 is 0.833 bits per heavy atom. The van der Waals surface area contributed by atoms with Crippen molar-refractivity contribution in [1.29, 1.82) is 0 Å². The zero-order valence-corrected chi connectivity index (χ0v) is 53.4. The molecule has 0 spiro atoms. The summed E-state index contributed by atoms with van der Waals surface area (Å²) < 4.78 is 14.1. The third-order valence-electron chi connectivity index (χ3n) is 17.6. The van der Waals surface area contributed by atoms with Gasteiger partial charge in [-0.2, -0.15) is 18.3 Å². The number of nitrogens with zero attached hydrogens (tertiary/aromatic N) is 8. The van der Waals surface area contributed by atoms with Gasteiger partial charge in [-0.15, -0.1) is 0 Å². The summed E-state index contributed by atoms with van der Waals surface area (Å²) >= 11 is 0. The minimum Gasteiger partial charge on any atom is -0.325 e. The fraction of sp³-hybridized carbons (Fsp3) is 0.143. The van der Waals surface area contributed by atoms with Gasteiger partial charge in [-0.3, -0.25) is 24.2 Å². The first-order valence-electron chi connectivity index (χ1n) is 30.2. The number of Topliss-reactive ketones (excluding diaryl/α,β-unsaturated/α-hetero) is 4. The van der Waals surface area contributed by atoms with Gasteiger partial charge < -0.3 is 9.13 Å². The molecule has 0 aliphatic carbocycles. The molecule has 435 valence electrons. The van der Waals surface area contributed by atoms with E-state index in [1.807, 2.05) is 97.1 Å². The van der Waals surface area contributed by atoms with Crippen LogP contribution in [0.1, 0.15) is 131 Å². The maximum absolute atomic E-state index is 12.5. The van der Waals surface area contributed by atoms with Crippen molar-refractivity contribution in [2.45, 2.75) is 72.5 Å². The molecular weight excluding hydrogens is 1190 g/mol. The number of aromatic nitrogens is 6. The Morgan fingerprint density at radius 3 is 1.29 bits per heavy atom. The first-order chi connectivity index (χ1) is 43.4. The molecule has 2 atom stereocenters. The molecule has 0 amide bonds. The summed E-state index contributed by atoms with van der Waals surface area (Å²) in [6.45, 7) is 8.90. The number of fused-ring (bicyclic) bond motifs is 2. The van der Waals surface area contributed by atoms with Crippen LogP contribution in [0.4, 0.5) is 0 Å². The number of carbonyl (C=O) groups is 4. The summed E-state index contributed by atoms with van der Waals surface area (Å²) in [6, 6.07) is 65.7. The van der Waals surface area contributed by atoms with Crippen LogP contribution in [0, 0.1) is 0 Å². The van der Waals surface area contributed by atoms with E-state index in [0.717, 1.165) is 101 Å². The maximum Gasteiger partial charge on any atom is 0.217 e. The SMILES string of the molecule is CC(=O)c1ccc(C[n+]2ccccc2/C2=C3\C=CC(=N3)/C(c3cccc[n+]3Cc3ccc(C(C)=O)cc3)=c3/cc/c4n3Cn3c2ccc3C(c2cccc[n+]2Cc2ccc(C(C)=O)cc2)C2C=CC(=N2)\C=4c2cccc[n+]2Cc2ccc(C(C)=O)cc2)cc1.[Y]. The Kier molecular flexibility index (Phi) is 16.4. The van der Waals surface area contributed by atoms with E-state index in [1.54, 1.807) is 27.7 Å². The minimum atomic E-state index is -0.359. The van der Waals surface area contributed by atoms with E-state index < -0.39 is 0 Å². The van der Waals surface area contributed by atoms with E-state index in [9.17, 15) is 19.2 Å².